The molecule has 0 saturated heterocycles. The number of halogens is 1. The molecule has 0 aliphatic carbocycles. The van der Waals surface area contributed by atoms with Gasteiger partial charge in [-0.25, -0.2) is 4.98 Å². The Labute approximate surface area is 68.9 Å². The van der Waals surface area contributed by atoms with E-state index < -0.39 is 0 Å². The standard InChI is InChI=1S/C4H3IN2.C2H6/c5-4-3-6-1-2-7-4;1-2/h1-3H;1-2H3. The molecule has 0 amide bonds. The fourth-order valence-electron chi connectivity index (χ4n) is 0.281. The second-order valence-corrected chi connectivity index (χ2v) is 2.13. The van der Waals surface area contributed by atoms with Gasteiger partial charge in [0.15, 0.2) is 0 Å². The lowest BCUT2D eigenvalue weighted by Gasteiger charge is -1.79. The van der Waals surface area contributed by atoms with Crippen LogP contribution in [0.3, 0.4) is 0 Å². The van der Waals surface area contributed by atoms with Gasteiger partial charge in [0.2, 0.25) is 0 Å². The van der Waals surface area contributed by atoms with Crippen LogP contribution in [-0.2, 0) is 0 Å². The van der Waals surface area contributed by atoms with Crippen LogP contribution in [0.4, 0.5) is 0 Å². The summed E-state index contributed by atoms with van der Waals surface area (Å²) in [5, 5.41) is 0. The van der Waals surface area contributed by atoms with Gasteiger partial charge in [-0.05, 0) is 22.6 Å². The van der Waals surface area contributed by atoms with E-state index in [0.29, 0.717) is 0 Å². The third-order valence-electron chi connectivity index (χ3n) is 0.532. The van der Waals surface area contributed by atoms with Crippen molar-refractivity contribution < 1.29 is 0 Å². The summed E-state index contributed by atoms with van der Waals surface area (Å²) in [5.74, 6) is 0. The van der Waals surface area contributed by atoms with Crippen molar-refractivity contribution in [3.05, 3.63) is 22.3 Å². The Balaban J connectivity index is 0.000000291. The van der Waals surface area contributed by atoms with Crippen molar-refractivity contribution in [2.75, 3.05) is 0 Å². The molecule has 0 aliphatic rings. The van der Waals surface area contributed by atoms with E-state index in [1.165, 1.54) is 0 Å². The largest absolute Gasteiger partial charge is 0.260 e. The zero-order chi connectivity index (χ0) is 7.11. The first-order chi connectivity index (χ1) is 4.39. The lowest BCUT2D eigenvalue weighted by atomic mass is 10.8. The van der Waals surface area contributed by atoms with E-state index >= 15 is 0 Å². The molecule has 1 heterocycles. The highest BCUT2D eigenvalue weighted by Crippen LogP contribution is 1.91. The normalized spacial score (nSPS) is 7.44. The van der Waals surface area contributed by atoms with Gasteiger partial charge < -0.3 is 0 Å². The van der Waals surface area contributed by atoms with E-state index in [1.807, 2.05) is 13.8 Å². The molecule has 1 aromatic rings. The van der Waals surface area contributed by atoms with Crippen LogP contribution in [-0.4, -0.2) is 9.97 Å². The van der Waals surface area contributed by atoms with Crippen LogP contribution in [0.5, 0.6) is 0 Å². The molecular formula is C6H9IN2. The molecule has 0 N–H and O–H groups in total. The van der Waals surface area contributed by atoms with Crippen molar-refractivity contribution in [2.45, 2.75) is 13.8 Å². The molecule has 0 radical (unpaired) electrons. The fraction of sp³-hybridized carbons (Fsp3) is 0.333. The van der Waals surface area contributed by atoms with Crippen molar-refractivity contribution in [1.29, 1.82) is 0 Å². The first-order valence-corrected chi connectivity index (χ1v) is 3.89. The van der Waals surface area contributed by atoms with Gasteiger partial charge in [-0.15, -0.1) is 0 Å². The minimum Gasteiger partial charge on any atom is -0.260 e. The Bertz CT molecular complexity index is 141. The second-order valence-electron chi connectivity index (χ2n) is 1.03. The van der Waals surface area contributed by atoms with E-state index in [1.54, 1.807) is 18.6 Å². The predicted molar refractivity (Wildman–Crippen MR) is 46.1 cm³/mol. The van der Waals surface area contributed by atoms with Crippen LogP contribution in [0.2, 0.25) is 0 Å². The highest BCUT2D eigenvalue weighted by Gasteiger charge is 1.77. The maximum absolute atomic E-state index is 3.90. The Morgan fingerprint density at radius 2 is 2.00 bits per heavy atom. The van der Waals surface area contributed by atoms with Crippen molar-refractivity contribution in [1.82, 2.24) is 9.97 Å². The van der Waals surface area contributed by atoms with Gasteiger partial charge in [0.1, 0.15) is 3.70 Å². The van der Waals surface area contributed by atoms with Crippen LogP contribution in [0.25, 0.3) is 0 Å². The monoisotopic (exact) mass is 236 g/mol. The quantitative estimate of drug-likeness (QED) is 0.644. The van der Waals surface area contributed by atoms with Crippen LogP contribution < -0.4 is 0 Å². The van der Waals surface area contributed by atoms with Crippen molar-refractivity contribution >= 4 is 22.6 Å². The highest BCUT2D eigenvalue weighted by molar-refractivity contribution is 14.1. The van der Waals surface area contributed by atoms with Gasteiger partial charge in [-0.3, -0.25) is 4.98 Å². The Morgan fingerprint density at radius 3 is 2.22 bits per heavy atom. The number of aromatic nitrogens is 2. The van der Waals surface area contributed by atoms with Crippen LogP contribution in [0.15, 0.2) is 18.6 Å². The van der Waals surface area contributed by atoms with Crippen LogP contribution in [0.1, 0.15) is 13.8 Å². The summed E-state index contributed by atoms with van der Waals surface area (Å²) in [6.45, 7) is 4.00. The van der Waals surface area contributed by atoms with Crippen molar-refractivity contribution in [2.24, 2.45) is 0 Å². The first kappa shape index (κ1) is 8.81. The van der Waals surface area contributed by atoms with Gasteiger partial charge in [0.05, 0.1) is 6.20 Å². The van der Waals surface area contributed by atoms with E-state index in [9.17, 15) is 0 Å². The summed E-state index contributed by atoms with van der Waals surface area (Å²) in [4.78, 5) is 7.72. The van der Waals surface area contributed by atoms with E-state index in [2.05, 4.69) is 32.6 Å². The molecule has 9 heavy (non-hydrogen) atoms. The summed E-state index contributed by atoms with van der Waals surface area (Å²) < 4.78 is 0.931. The smallest absolute Gasteiger partial charge is 0.119 e. The number of hydrogen-bond donors (Lipinski definition) is 0. The summed E-state index contributed by atoms with van der Waals surface area (Å²) >= 11 is 2.11. The van der Waals surface area contributed by atoms with E-state index in [0.717, 1.165) is 3.70 Å². The molecular weight excluding hydrogens is 227 g/mol. The third kappa shape index (κ3) is 4.32. The van der Waals surface area contributed by atoms with Gasteiger partial charge in [0.25, 0.3) is 0 Å². The molecule has 0 unspecified atom stereocenters. The van der Waals surface area contributed by atoms with Gasteiger partial charge in [-0.2, -0.15) is 0 Å². The SMILES string of the molecule is CC.Ic1cnccn1. The Morgan fingerprint density at radius 1 is 1.33 bits per heavy atom. The Kier molecular flexibility index (Phi) is 5.81. The van der Waals surface area contributed by atoms with Gasteiger partial charge in [-0.1, -0.05) is 13.8 Å². The minimum atomic E-state index is 0.931. The molecule has 3 heteroatoms. The molecule has 0 aromatic carbocycles. The predicted octanol–water partition coefficient (Wildman–Crippen LogP) is 2.11. The summed E-state index contributed by atoms with van der Waals surface area (Å²) in [6, 6.07) is 0. The molecule has 0 saturated carbocycles. The molecule has 0 atom stereocenters. The molecule has 0 fully saturated rings. The van der Waals surface area contributed by atoms with Crippen molar-refractivity contribution in [3.63, 3.8) is 0 Å². The molecule has 1 rings (SSSR count). The summed E-state index contributed by atoms with van der Waals surface area (Å²) in [5.41, 5.74) is 0. The third-order valence-corrected chi connectivity index (χ3v) is 1.09. The van der Waals surface area contributed by atoms with E-state index in [-0.39, 0.29) is 0 Å². The average molecular weight is 236 g/mol. The second kappa shape index (κ2) is 5.94. The topological polar surface area (TPSA) is 25.8 Å². The summed E-state index contributed by atoms with van der Waals surface area (Å²) in [7, 11) is 0. The molecule has 0 spiro atoms. The molecule has 0 aliphatic heterocycles. The maximum atomic E-state index is 3.90. The number of hydrogen-bond acceptors (Lipinski definition) is 2. The van der Waals surface area contributed by atoms with E-state index in [4.69, 9.17) is 0 Å². The lowest BCUT2D eigenvalue weighted by molar-refractivity contribution is 1.16. The highest BCUT2D eigenvalue weighted by atomic mass is 127. The zero-order valence-corrected chi connectivity index (χ0v) is 7.66. The number of rotatable bonds is 0. The maximum Gasteiger partial charge on any atom is 0.119 e. The minimum absolute atomic E-state index is 0.931. The van der Waals surface area contributed by atoms with Gasteiger partial charge in [0, 0.05) is 12.4 Å². The van der Waals surface area contributed by atoms with Crippen LogP contribution >= 0.6 is 22.6 Å². The fourth-order valence-corrected chi connectivity index (χ4v) is 0.603. The van der Waals surface area contributed by atoms with Gasteiger partial charge >= 0.3 is 0 Å². The molecule has 2 nitrogen and oxygen atoms in total. The molecule has 0 bridgehead atoms. The van der Waals surface area contributed by atoms with Crippen molar-refractivity contribution in [3.8, 4) is 0 Å². The molecule has 50 valence electrons. The average Bonchev–Trinajstić information content (AvgIpc) is 1.94. The number of nitrogens with zero attached hydrogens (tertiary/aromatic N) is 2. The molecule has 1 aromatic heterocycles. The first-order valence-electron chi connectivity index (χ1n) is 2.81. The zero-order valence-electron chi connectivity index (χ0n) is 5.50. The summed E-state index contributed by atoms with van der Waals surface area (Å²) in [6.07, 6.45) is 5.03. The lowest BCUT2D eigenvalue weighted by Crippen LogP contribution is -1.76. The van der Waals surface area contributed by atoms with Crippen LogP contribution in [0, 0.1) is 3.70 Å². The Hall–Kier alpha value is -0.190.